The molecule has 0 spiro atoms. The van der Waals surface area contributed by atoms with Gasteiger partial charge in [0.1, 0.15) is 5.75 Å². The second-order valence-electron chi connectivity index (χ2n) is 5.40. The number of ketones is 1. The van der Waals surface area contributed by atoms with Crippen LogP contribution in [-0.2, 0) is 16.1 Å². The highest BCUT2D eigenvalue weighted by Gasteiger charge is 2.71. The van der Waals surface area contributed by atoms with Crippen LogP contribution in [0.5, 0.6) is 5.75 Å². The van der Waals surface area contributed by atoms with Gasteiger partial charge in [-0.1, -0.05) is 48.5 Å². The van der Waals surface area contributed by atoms with Crippen LogP contribution in [0.15, 0.2) is 61.2 Å². The predicted octanol–water partition coefficient (Wildman–Crippen LogP) is 2.52. The van der Waals surface area contributed by atoms with Gasteiger partial charge in [-0.3, -0.25) is 4.79 Å². The first-order valence-electron chi connectivity index (χ1n) is 7.05. The minimum Gasteiger partial charge on any atom is -0.453 e. The van der Waals surface area contributed by atoms with Gasteiger partial charge in [-0.05, 0) is 6.07 Å². The van der Waals surface area contributed by atoms with E-state index in [9.17, 15) is 9.90 Å². The molecule has 2 unspecified atom stereocenters. The zero-order valence-electron chi connectivity index (χ0n) is 11.8. The predicted molar refractivity (Wildman–Crippen MR) is 79.6 cm³/mol. The third-order valence-corrected chi connectivity index (χ3v) is 4.27. The van der Waals surface area contributed by atoms with Gasteiger partial charge < -0.3 is 14.6 Å². The third kappa shape index (κ3) is 1.31. The zero-order valence-corrected chi connectivity index (χ0v) is 11.8. The molecule has 2 aromatic rings. The van der Waals surface area contributed by atoms with Crippen LogP contribution in [0.1, 0.15) is 21.5 Å². The summed E-state index contributed by atoms with van der Waals surface area (Å²) >= 11 is 0. The minimum absolute atomic E-state index is 0.151. The molecule has 0 saturated heterocycles. The fourth-order valence-electron chi connectivity index (χ4n) is 3.33. The van der Waals surface area contributed by atoms with Gasteiger partial charge in [-0.25, -0.2) is 0 Å². The number of para-hydroxylation sites is 1. The van der Waals surface area contributed by atoms with Crippen LogP contribution in [-0.4, -0.2) is 17.5 Å². The monoisotopic (exact) mass is 294 g/mol. The molecule has 2 aromatic carbocycles. The molecular weight excluding hydrogens is 280 g/mol. The Morgan fingerprint density at radius 3 is 2.59 bits per heavy atom. The molecule has 1 aliphatic heterocycles. The van der Waals surface area contributed by atoms with Crippen molar-refractivity contribution in [2.75, 3.05) is 6.61 Å². The first-order chi connectivity index (χ1) is 10.6. The number of rotatable bonds is 3. The summed E-state index contributed by atoms with van der Waals surface area (Å²) in [5.74, 6) is -1.51. The molecule has 2 aliphatic rings. The Kier molecular flexibility index (Phi) is 2.58. The van der Waals surface area contributed by atoms with E-state index in [0.29, 0.717) is 22.4 Å². The molecule has 1 heterocycles. The maximum atomic E-state index is 12.9. The van der Waals surface area contributed by atoms with Gasteiger partial charge in [-0.15, -0.1) is 6.58 Å². The van der Waals surface area contributed by atoms with Crippen molar-refractivity contribution < 1.29 is 19.4 Å². The molecule has 1 N–H and O–H groups in total. The molecule has 0 saturated carbocycles. The van der Waals surface area contributed by atoms with Crippen LogP contribution in [0, 0.1) is 0 Å². The number of Topliss-reactive ketones (excluding diaryl/α,β-unsaturated/α-hetero) is 1. The van der Waals surface area contributed by atoms with E-state index in [-0.39, 0.29) is 6.61 Å². The van der Waals surface area contributed by atoms with Gasteiger partial charge >= 0.3 is 0 Å². The van der Waals surface area contributed by atoms with E-state index in [2.05, 4.69) is 6.58 Å². The number of aliphatic hydroxyl groups is 1. The number of fused-ring (bicyclic) bond motifs is 5. The maximum Gasteiger partial charge on any atom is 0.279 e. The van der Waals surface area contributed by atoms with Crippen LogP contribution < -0.4 is 4.74 Å². The van der Waals surface area contributed by atoms with Gasteiger partial charge in [0, 0.05) is 16.7 Å². The van der Waals surface area contributed by atoms with Crippen molar-refractivity contribution in [3.05, 3.63) is 77.9 Å². The summed E-state index contributed by atoms with van der Waals surface area (Å²) in [5, 5.41) is 11.3. The lowest BCUT2D eigenvalue weighted by Crippen LogP contribution is -2.50. The van der Waals surface area contributed by atoms with Crippen molar-refractivity contribution in [2.24, 2.45) is 0 Å². The Bertz CT molecular complexity index is 797. The molecule has 0 fully saturated rings. The molecule has 2 atom stereocenters. The van der Waals surface area contributed by atoms with Crippen LogP contribution in [0.25, 0.3) is 0 Å². The number of ether oxygens (including phenoxy) is 2. The van der Waals surface area contributed by atoms with Crippen molar-refractivity contribution in [1.82, 2.24) is 0 Å². The quantitative estimate of drug-likeness (QED) is 0.884. The maximum absolute atomic E-state index is 12.9. The molecule has 0 radical (unpaired) electrons. The Balaban J connectivity index is 2.02. The van der Waals surface area contributed by atoms with E-state index >= 15 is 0 Å². The summed E-state index contributed by atoms with van der Waals surface area (Å²) in [4.78, 5) is 12.9. The molecule has 0 bridgehead atoms. The second-order valence-corrected chi connectivity index (χ2v) is 5.40. The van der Waals surface area contributed by atoms with Crippen LogP contribution in [0.4, 0.5) is 0 Å². The summed E-state index contributed by atoms with van der Waals surface area (Å²) in [5.41, 5.74) is -0.486. The van der Waals surface area contributed by atoms with Gasteiger partial charge in [0.15, 0.2) is 0 Å². The van der Waals surface area contributed by atoms with Crippen molar-refractivity contribution >= 4 is 5.78 Å². The Morgan fingerprint density at radius 2 is 1.82 bits per heavy atom. The average Bonchev–Trinajstić information content (AvgIpc) is 2.92. The number of carbonyl (C=O) groups is 1. The first-order valence-corrected chi connectivity index (χ1v) is 7.05. The highest BCUT2D eigenvalue weighted by molar-refractivity contribution is 6.09. The summed E-state index contributed by atoms with van der Waals surface area (Å²) in [6.07, 6.45) is 1.56. The zero-order chi connectivity index (χ0) is 15.4. The van der Waals surface area contributed by atoms with E-state index in [0.717, 1.165) is 0 Å². The standard InChI is InChI=1S/C18H14O4/c1-2-11-21-18-13-8-4-3-7-12(13)16(19)17(18,20)14-9-5-6-10-15(14)22-18/h2-10,20H,1,11H2. The summed E-state index contributed by atoms with van der Waals surface area (Å²) in [7, 11) is 0. The molecule has 0 amide bonds. The number of hydrogen-bond donors (Lipinski definition) is 1. The minimum atomic E-state index is -1.88. The van der Waals surface area contributed by atoms with Crippen LogP contribution in [0.2, 0.25) is 0 Å². The largest absolute Gasteiger partial charge is 0.453 e. The lowest BCUT2D eigenvalue weighted by Gasteiger charge is -2.33. The lowest BCUT2D eigenvalue weighted by atomic mass is 9.87. The Labute approximate surface area is 127 Å². The molecule has 4 heteroatoms. The van der Waals surface area contributed by atoms with Crippen molar-refractivity contribution in [1.29, 1.82) is 0 Å². The van der Waals surface area contributed by atoms with Gasteiger partial charge in [0.25, 0.3) is 5.79 Å². The molecule has 22 heavy (non-hydrogen) atoms. The fourth-order valence-corrected chi connectivity index (χ4v) is 3.33. The first kappa shape index (κ1) is 13.2. The number of benzene rings is 2. The van der Waals surface area contributed by atoms with Crippen LogP contribution in [0.3, 0.4) is 0 Å². The van der Waals surface area contributed by atoms with Crippen molar-refractivity contribution in [3.63, 3.8) is 0 Å². The highest BCUT2D eigenvalue weighted by atomic mass is 16.7. The number of carbonyl (C=O) groups excluding carboxylic acids is 1. The van der Waals surface area contributed by atoms with Gasteiger partial charge in [-0.2, -0.15) is 0 Å². The van der Waals surface area contributed by atoms with Crippen molar-refractivity contribution in [2.45, 2.75) is 11.4 Å². The molecule has 4 rings (SSSR count). The SMILES string of the molecule is C=CCOC12Oc3ccccc3C1(O)C(=O)c1ccccc12. The lowest BCUT2D eigenvalue weighted by molar-refractivity contribution is -0.251. The third-order valence-electron chi connectivity index (χ3n) is 4.27. The number of hydrogen-bond acceptors (Lipinski definition) is 4. The summed E-state index contributed by atoms with van der Waals surface area (Å²) < 4.78 is 11.8. The van der Waals surface area contributed by atoms with E-state index in [1.165, 1.54) is 0 Å². The summed E-state index contributed by atoms with van der Waals surface area (Å²) in [6, 6.07) is 14.0. The smallest absolute Gasteiger partial charge is 0.279 e. The molecular formula is C18H14O4. The summed E-state index contributed by atoms with van der Waals surface area (Å²) in [6.45, 7) is 3.78. The fraction of sp³-hybridized carbons (Fsp3) is 0.167. The van der Waals surface area contributed by atoms with Gasteiger partial charge in [0.2, 0.25) is 11.4 Å². The normalized spacial score (nSPS) is 27.8. The molecule has 0 aromatic heterocycles. The van der Waals surface area contributed by atoms with E-state index in [4.69, 9.17) is 9.47 Å². The highest BCUT2D eigenvalue weighted by Crippen LogP contribution is 2.59. The van der Waals surface area contributed by atoms with E-state index < -0.39 is 17.2 Å². The average molecular weight is 294 g/mol. The molecule has 110 valence electrons. The second kappa shape index (κ2) is 4.29. The Hall–Kier alpha value is -2.43. The van der Waals surface area contributed by atoms with Crippen molar-refractivity contribution in [3.8, 4) is 5.75 Å². The Morgan fingerprint density at radius 1 is 1.14 bits per heavy atom. The topological polar surface area (TPSA) is 55.8 Å². The molecule has 1 aliphatic carbocycles. The van der Waals surface area contributed by atoms with Gasteiger partial charge in [0.05, 0.1) is 6.61 Å². The van der Waals surface area contributed by atoms with Crippen LogP contribution >= 0.6 is 0 Å². The van der Waals surface area contributed by atoms with E-state index in [1.807, 2.05) is 0 Å². The molecule has 4 nitrogen and oxygen atoms in total. The van der Waals surface area contributed by atoms with E-state index in [1.54, 1.807) is 54.6 Å².